The van der Waals surface area contributed by atoms with Gasteiger partial charge in [-0.1, -0.05) is 123 Å². The minimum absolute atomic E-state index is 0.0716. The number of benzene rings is 5. The Bertz CT molecular complexity index is 3460. The van der Waals surface area contributed by atoms with Gasteiger partial charge >= 0.3 is 14.2 Å². The van der Waals surface area contributed by atoms with E-state index in [9.17, 15) is 42.1 Å². The molecule has 1 heterocycles. The molecule has 0 aliphatic carbocycles. The maximum Gasteiger partial charge on any atom is 0.494 e. The quantitative estimate of drug-likeness (QED) is 0.0341. The van der Waals surface area contributed by atoms with Crippen molar-refractivity contribution in [3.8, 4) is 11.1 Å². The van der Waals surface area contributed by atoms with Crippen molar-refractivity contribution in [1.82, 2.24) is 22.8 Å². The smallest absolute Gasteiger partial charge is 0.423 e. The molecule has 1 fully saturated rings. The fourth-order valence-corrected chi connectivity index (χ4v) is 11.0. The molecule has 478 valence electrons. The Labute approximate surface area is 529 Å². The number of halogens is 1. The van der Waals surface area contributed by atoms with E-state index in [2.05, 4.69) is 36.8 Å². The van der Waals surface area contributed by atoms with Gasteiger partial charge in [-0.15, -0.1) is 0 Å². The standard InChI is InChI=1S/C21H30N2O4S2.C16H26BNO4S.C12H18INO2S.C10H16BNO4S/c1-16(2)29(26,27)23-15-17(3)19-9-11-21(12-10-19)20-7-5-18(6-8-20)13-14-22-28(4,24)25;1-15(2)16(3,4)22-17(21-15)14-9-7-13(8-10-14)11-12-18(5)23(6,19)20;1-9(2)17(15,16)14-8-10(3)11-4-6-12(13)7-5-11;1-12(17(2,15)16)8-7-9-3-5-10(6-4-9)11(13)14/h5-12,16-17,22-23H,13-15H2,1-4H3;7-10H,11-12H2,1-6H3;4-7,9-10,14H,8H2,1-3H3;3-6,13-14H,7-8H2,1-2H3/t17-;;10-;/m0.0./s1. The van der Waals surface area contributed by atoms with Crippen molar-refractivity contribution < 1.29 is 61.4 Å². The largest absolute Gasteiger partial charge is 0.494 e. The van der Waals surface area contributed by atoms with E-state index < -0.39 is 62.5 Å². The van der Waals surface area contributed by atoms with Crippen LogP contribution in [0.25, 0.3) is 11.1 Å². The van der Waals surface area contributed by atoms with E-state index in [0.29, 0.717) is 57.4 Å². The van der Waals surface area contributed by atoms with Gasteiger partial charge in [0.25, 0.3) is 0 Å². The van der Waals surface area contributed by atoms with E-state index in [1.54, 1.807) is 59.0 Å². The van der Waals surface area contributed by atoms with E-state index in [-0.39, 0.29) is 35.4 Å². The molecule has 0 amide bonds. The molecule has 0 saturated carbocycles. The van der Waals surface area contributed by atoms with Crippen molar-refractivity contribution in [2.45, 2.75) is 122 Å². The summed E-state index contributed by atoms with van der Waals surface area (Å²) in [6, 6.07) is 39.0. The van der Waals surface area contributed by atoms with Gasteiger partial charge in [0, 0.05) is 50.4 Å². The van der Waals surface area contributed by atoms with E-state index in [1.807, 2.05) is 139 Å². The molecule has 19 nitrogen and oxygen atoms in total. The Morgan fingerprint density at radius 2 is 0.849 bits per heavy atom. The van der Waals surface area contributed by atoms with Crippen LogP contribution in [0.15, 0.2) is 121 Å². The first-order chi connectivity index (χ1) is 39.5. The second-order valence-electron chi connectivity index (χ2n) is 23.1. The van der Waals surface area contributed by atoms with Crippen LogP contribution in [0.1, 0.15) is 109 Å². The Morgan fingerprint density at radius 1 is 0.512 bits per heavy atom. The van der Waals surface area contributed by atoms with Gasteiger partial charge < -0.3 is 19.4 Å². The highest BCUT2D eigenvalue weighted by Gasteiger charge is 2.51. The van der Waals surface area contributed by atoms with Crippen LogP contribution in [0.3, 0.4) is 0 Å². The third kappa shape index (κ3) is 26.4. The fraction of sp³-hybridized carbons (Fsp3) is 0.492. The first kappa shape index (κ1) is 76.6. The van der Waals surface area contributed by atoms with Gasteiger partial charge in [0.05, 0.1) is 40.5 Å². The molecule has 1 saturated heterocycles. The second kappa shape index (κ2) is 33.4. The van der Waals surface area contributed by atoms with Gasteiger partial charge in [-0.25, -0.2) is 64.9 Å². The zero-order valence-corrected chi connectivity index (χ0v) is 58.5. The third-order valence-corrected chi connectivity index (χ3v) is 22.5. The summed E-state index contributed by atoms with van der Waals surface area (Å²) in [5, 5.41) is 17.0. The summed E-state index contributed by atoms with van der Waals surface area (Å²) in [7, 11) is -14.6. The van der Waals surface area contributed by atoms with Crippen LogP contribution in [0.5, 0.6) is 0 Å². The van der Waals surface area contributed by atoms with Gasteiger partial charge in [0.15, 0.2) is 0 Å². The van der Waals surface area contributed by atoms with Crippen LogP contribution in [-0.2, 0) is 78.7 Å². The monoisotopic (exact) mass is 1400 g/mol. The molecular formula is C59H90B2IN5O14S5. The number of nitrogens with zero attached hydrogens (tertiary/aromatic N) is 2. The van der Waals surface area contributed by atoms with Crippen LogP contribution < -0.4 is 25.1 Å². The summed E-state index contributed by atoms with van der Waals surface area (Å²) in [4.78, 5) is 0. The summed E-state index contributed by atoms with van der Waals surface area (Å²) in [5.41, 5.74) is 8.16. The summed E-state index contributed by atoms with van der Waals surface area (Å²) >= 11 is 2.25. The van der Waals surface area contributed by atoms with Crippen LogP contribution in [-0.4, -0.2) is 162 Å². The Morgan fingerprint density at radius 3 is 1.20 bits per heavy atom. The fourth-order valence-electron chi connectivity index (χ4n) is 7.67. The molecule has 6 rings (SSSR count). The number of hydrogen-bond donors (Lipinski definition) is 5. The van der Waals surface area contributed by atoms with Crippen molar-refractivity contribution in [2.24, 2.45) is 0 Å². The molecular weight excluding hydrogens is 1310 g/mol. The SMILES string of the molecule is CC(C)S(=O)(=O)NC[C@H](C)c1ccc(-c2ccc(CCNS(C)(=O)=O)cc2)cc1.CC(C)S(=O)(=O)NC[C@H](C)c1ccc(I)cc1.CN(CCc1ccc(B(O)O)cc1)S(C)(=O)=O.CN(CCc1ccc(B2OC(C)(C)C(C)(C)O2)cc1)S(C)(=O)=O. The first-order valence-electron chi connectivity index (χ1n) is 28.1. The van der Waals surface area contributed by atoms with Gasteiger partial charge in [-0.3, -0.25) is 0 Å². The Balaban J connectivity index is 0.000000308. The number of nitrogens with one attached hydrogen (secondary N) is 3. The second-order valence-corrected chi connectivity index (χ2v) is 35.0. The molecule has 0 bridgehead atoms. The zero-order chi connectivity index (χ0) is 65.2. The zero-order valence-electron chi connectivity index (χ0n) is 52.3. The Hall–Kier alpha value is -3.65. The van der Waals surface area contributed by atoms with Crippen LogP contribution in [0, 0.1) is 3.57 Å². The summed E-state index contributed by atoms with van der Waals surface area (Å²) < 4.78 is 138. The highest BCUT2D eigenvalue weighted by molar-refractivity contribution is 14.1. The number of rotatable bonds is 25. The van der Waals surface area contributed by atoms with Crippen LogP contribution >= 0.6 is 22.6 Å². The van der Waals surface area contributed by atoms with Crippen molar-refractivity contribution in [3.05, 3.63) is 153 Å². The highest BCUT2D eigenvalue weighted by atomic mass is 127. The van der Waals surface area contributed by atoms with E-state index in [0.717, 1.165) is 56.9 Å². The van der Waals surface area contributed by atoms with E-state index in [1.165, 1.54) is 25.5 Å². The van der Waals surface area contributed by atoms with Crippen LogP contribution in [0.2, 0.25) is 0 Å². The molecule has 27 heteroatoms. The minimum Gasteiger partial charge on any atom is -0.423 e. The maximum absolute atomic E-state index is 11.9. The van der Waals surface area contributed by atoms with Crippen LogP contribution in [0.4, 0.5) is 0 Å². The normalized spacial score (nSPS) is 15.1. The predicted molar refractivity (Wildman–Crippen MR) is 359 cm³/mol. The van der Waals surface area contributed by atoms with Crippen molar-refractivity contribution in [1.29, 1.82) is 0 Å². The maximum atomic E-state index is 11.9. The molecule has 0 spiro atoms. The highest BCUT2D eigenvalue weighted by Crippen LogP contribution is 2.36. The lowest BCUT2D eigenvalue weighted by atomic mass is 9.79. The third-order valence-electron chi connectivity index (χ3n) is 14.8. The molecule has 1 aliphatic heterocycles. The summed E-state index contributed by atoms with van der Waals surface area (Å²) in [6.45, 7) is 20.9. The molecule has 5 N–H and O–H groups in total. The lowest BCUT2D eigenvalue weighted by molar-refractivity contribution is 0.00578. The number of hydrogen-bond acceptors (Lipinski definition) is 14. The molecule has 86 heavy (non-hydrogen) atoms. The predicted octanol–water partition coefficient (Wildman–Crippen LogP) is 5.82. The molecule has 5 aromatic carbocycles. The van der Waals surface area contributed by atoms with E-state index in [4.69, 9.17) is 19.4 Å². The van der Waals surface area contributed by atoms with Gasteiger partial charge in [-0.2, -0.15) is 0 Å². The molecule has 1 aliphatic rings. The Kier molecular flexibility index (Phi) is 29.8. The van der Waals surface area contributed by atoms with Gasteiger partial charge in [0.1, 0.15) is 0 Å². The molecule has 5 aromatic rings. The summed E-state index contributed by atoms with van der Waals surface area (Å²) in [5.74, 6) is 0.253. The van der Waals surface area contributed by atoms with E-state index >= 15 is 0 Å². The first-order valence-corrected chi connectivity index (χ1v) is 37.9. The molecule has 0 radical (unpaired) electrons. The lowest BCUT2D eigenvalue weighted by Gasteiger charge is -2.32. The van der Waals surface area contributed by atoms with Gasteiger partial charge in [0.2, 0.25) is 50.1 Å². The number of sulfonamides is 5. The average Bonchev–Trinajstić information content (AvgIpc) is 1.98. The minimum atomic E-state index is -3.26. The van der Waals surface area contributed by atoms with Crippen molar-refractivity contribution in [3.63, 3.8) is 0 Å². The molecule has 2 atom stereocenters. The number of likely N-dealkylation sites (N-methyl/N-ethyl adjacent to an activating group) is 2. The lowest BCUT2D eigenvalue weighted by Crippen LogP contribution is -2.41. The van der Waals surface area contributed by atoms with Crippen molar-refractivity contribution >= 4 is 97.9 Å². The summed E-state index contributed by atoms with van der Waals surface area (Å²) in [6.07, 6.45) is 5.43. The van der Waals surface area contributed by atoms with Gasteiger partial charge in [-0.05, 0) is 171 Å². The van der Waals surface area contributed by atoms with Crippen molar-refractivity contribution in [2.75, 3.05) is 65.6 Å². The topological polar surface area (TPSA) is 272 Å². The molecule has 0 unspecified atom stereocenters. The average molecular weight is 1400 g/mol. The molecule has 0 aromatic heterocycles.